The summed E-state index contributed by atoms with van der Waals surface area (Å²) >= 11 is 0. The van der Waals surface area contributed by atoms with Crippen LogP contribution in [0.3, 0.4) is 0 Å². The lowest BCUT2D eigenvalue weighted by Gasteiger charge is -2.37. The molecule has 5 unspecified atom stereocenters. The van der Waals surface area contributed by atoms with E-state index in [1.807, 2.05) is 11.9 Å². The number of amides is 1. The third kappa shape index (κ3) is 1.87. The first-order chi connectivity index (χ1) is 10.5. The van der Waals surface area contributed by atoms with Crippen molar-refractivity contribution < 1.29 is 9.53 Å². The molecule has 0 bridgehead atoms. The maximum absolute atomic E-state index is 11.8. The van der Waals surface area contributed by atoms with Gasteiger partial charge < -0.3 is 9.64 Å². The molecule has 2 aliphatic carbocycles. The highest BCUT2D eigenvalue weighted by atomic mass is 16.5. The van der Waals surface area contributed by atoms with Crippen molar-refractivity contribution in [3.63, 3.8) is 0 Å². The molecule has 5 heteroatoms. The minimum atomic E-state index is 0.125. The van der Waals surface area contributed by atoms with Gasteiger partial charge >= 0.3 is 0 Å². The molecular formula is C17H25N3O2. The molecule has 1 aromatic rings. The van der Waals surface area contributed by atoms with Crippen molar-refractivity contribution in [2.24, 2.45) is 11.8 Å². The standard InChI is InChI=1S/C17H25N3O2/c1-5-10-6-12(20(18-10)9(2)3)15-11-7-13-17(16(11)15)22-8-14(21)19(13)4/h6,9,11,13,15-17H,5,7-8H2,1-4H3. The van der Waals surface area contributed by atoms with Gasteiger partial charge in [0.1, 0.15) is 6.61 Å². The van der Waals surface area contributed by atoms with E-state index in [2.05, 4.69) is 31.5 Å². The van der Waals surface area contributed by atoms with Crippen LogP contribution in [0.25, 0.3) is 0 Å². The molecule has 3 fully saturated rings. The number of ether oxygens (including phenoxy) is 1. The highest BCUT2D eigenvalue weighted by molar-refractivity contribution is 5.78. The van der Waals surface area contributed by atoms with Crippen LogP contribution in [-0.2, 0) is 16.0 Å². The van der Waals surface area contributed by atoms with Crippen LogP contribution in [0.2, 0.25) is 0 Å². The second-order valence-electron chi connectivity index (χ2n) is 7.30. The maximum atomic E-state index is 11.8. The van der Waals surface area contributed by atoms with Crippen molar-refractivity contribution >= 4 is 5.91 Å². The molecule has 1 aromatic heterocycles. The van der Waals surface area contributed by atoms with E-state index in [9.17, 15) is 4.79 Å². The van der Waals surface area contributed by atoms with Gasteiger partial charge in [-0.15, -0.1) is 0 Å². The van der Waals surface area contributed by atoms with Crippen molar-refractivity contribution in [1.29, 1.82) is 0 Å². The predicted octanol–water partition coefficient (Wildman–Crippen LogP) is 1.99. The summed E-state index contributed by atoms with van der Waals surface area (Å²) < 4.78 is 8.11. The summed E-state index contributed by atoms with van der Waals surface area (Å²) in [6.07, 6.45) is 2.28. The van der Waals surface area contributed by atoms with Gasteiger partial charge in [0.2, 0.25) is 5.91 Å². The molecule has 5 atom stereocenters. The topological polar surface area (TPSA) is 47.4 Å². The van der Waals surface area contributed by atoms with Gasteiger partial charge in [0, 0.05) is 24.7 Å². The Morgan fingerprint density at radius 2 is 2.23 bits per heavy atom. The highest BCUT2D eigenvalue weighted by Gasteiger charge is 2.65. The van der Waals surface area contributed by atoms with Gasteiger partial charge in [-0.25, -0.2) is 0 Å². The molecule has 5 nitrogen and oxygen atoms in total. The van der Waals surface area contributed by atoms with Crippen LogP contribution in [0.4, 0.5) is 0 Å². The number of carbonyl (C=O) groups is 1. The average Bonchev–Trinajstić information content (AvgIpc) is 2.87. The van der Waals surface area contributed by atoms with Crippen molar-refractivity contribution in [3.05, 3.63) is 17.5 Å². The maximum Gasteiger partial charge on any atom is 0.248 e. The first kappa shape index (κ1) is 14.2. The number of carbonyl (C=O) groups excluding carboxylic acids is 1. The van der Waals surface area contributed by atoms with E-state index in [-0.39, 0.29) is 24.7 Å². The van der Waals surface area contributed by atoms with Gasteiger partial charge in [0.05, 0.1) is 17.8 Å². The Balaban J connectivity index is 1.59. The second kappa shape index (κ2) is 4.82. The fourth-order valence-electron chi connectivity index (χ4n) is 4.59. The van der Waals surface area contributed by atoms with Crippen molar-refractivity contribution in [2.45, 2.75) is 57.7 Å². The molecule has 22 heavy (non-hydrogen) atoms. The van der Waals surface area contributed by atoms with E-state index in [0.29, 0.717) is 23.8 Å². The number of rotatable bonds is 3. The third-order valence-corrected chi connectivity index (χ3v) is 5.80. The molecule has 1 saturated heterocycles. The van der Waals surface area contributed by atoms with Gasteiger partial charge in [-0.05, 0) is 44.6 Å². The molecule has 0 aromatic carbocycles. The zero-order valence-corrected chi connectivity index (χ0v) is 13.8. The second-order valence-corrected chi connectivity index (χ2v) is 7.30. The Labute approximate surface area is 131 Å². The molecule has 1 amide bonds. The molecule has 0 spiro atoms. The van der Waals surface area contributed by atoms with Gasteiger partial charge in [-0.1, -0.05) is 6.92 Å². The van der Waals surface area contributed by atoms with Crippen LogP contribution in [0.15, 0.2) is 6.07 Å². The zero-order valence-electron chi connectivity index (χ0n) is 13.8. The number of aryl methyl sites for hydroxylation is 1. The van der Waals surface area contributed by atoms with E-state index in [1.165, 1.54) is 11.4 Å². The van der Waals surface area contributed by atoms with Crippen molar-refractivity contribution in [3.8, 4) is 0 Å². The predicted molar refractivity (Wildman–Crippen MR) is 82.6 cm³/mol. The number of hydrogen-bond donors (Lipinski definition) is 0. The lowest BCUT2D eigenvalue weighted by atomic mass is 9.99. The van der Waals surface area contributed by atoms with Crippen LogP contribution in [0, 0.1) is 11.8 Å². The minimum absolute atomic E-state index is 0.125. The summed E-state index contributed by atoms with van der Waals surface area (Å²) in [6, 6.07) is 2.97. The highest BCUT2D eigenvalue weighted by Crippen LogP contribution is 2.65. The molecule has 2 saturated carbocycles. The number of hydrogen-bond acceptors (Lipinski definition) is 3. The Morgan fingerprint density at radius 3 is 2.91 bits per heavy atom. The first-order valence-corrected chi connectivity index (χ1v) is 8.48. The Morgan fingerprint density at radius 1 is 1.45 bits per heavy atom. The molecule has 120 valence electrons. The smallest absolute Gasteiger partial charge is 0.248 e. The fourth-order valence-corrected chi connectivity index (χ4v) is 4.59. The molecular weight excluding hydrogens is 278 g/mol. The van der Waals surface area contributed by atoms with Crippen LogP contribution in [-0.4, -0.2) is 46.4 Å². The summed E-state index contributed by atoms with van der Waals surface area (Å²) in [4.78, 5) is 13.7. The van der Waals surface area contributed by atoms with E-state index in [1.54, 1.807) is 0 Å². The van der Waals surface area contributed by atoms with Crippen LogP contribution >= 0.6 is 0 Å². The molecule has 3 aliphatic rings. The van der Waals surface area contributed by atoms with Gasteiger partial charge in [-0.2, -0.15) is 5.10 Å². The number of aromatic nitrogens is 2. The van der Waals surface area contributed by atoms with Gasteiger partial charge in [-0.3, -0.25) is 9.48 Å². The minimum Gasteiger partial charge on any atom is -0.366 e. The SMILES string of the molecule is CCc1cc(C2C3CC4C(OCC(=O)N4C)C32)n(C(C)C)n1. The number of fused-ring (bicyclic) bond motifs is 3. The van der Waals surface area contributed by atoms with Gasteiger partial charge in [0.25, 0.3) is 0 Å². The third-order valence-electron chi connectivity index (χ3n) is 5.80. The molecule has 2 heterocycles. The van der Waals surface area contributed by atoms with E-state index >= 15 is 0 Å². The van der Waals surface area contributed by atoms with Crippen LogP contribution in [0.1, 0.15) is 50.5 Å². The number of morpholine rings is 1. The van der Waals surface area contributed by atoms with E-state index < -0.39 is 0 Å². The van der Waals surface area contributed by atoms with E-state index in [0.717, 1.165) is 12.8 Å². The number of likely N-dealkylation sites (N-methyl/N-ethyl adjacent to an activating group) is 1. The number of nitrogens with zero attached hydrogens (tertiary/aromatic N) is 3. The Bertz CT molecular complexity index is 609. The summed E-state index contributed by atoms with van der Waals surface area (Å²) in [7, 11) is 1.93. The van der Waals surface area contributed by atoms with Crippen molar-refractivity contribution in [1.82, 2.24) is 14.7 Å². The molecule has 0 radical (unpaired) electrons. The van der Waals surface area contributed by atoms with E-state index in [4.69, 9.17) is 9.84 Å². The lowest BCUT2D eigenvalue weighted by molar-refractivity contribution is -0.153. The monoisotopic (exact) mass is 303 g/mol. The quantitative estimate of drug-likeness (QED) is 0.858. The van der Waals surface area contributed by atoms with Crippen LogP contribution in [0.5, 0.6) is 0 Å². The zero-order chi connectivity index (χ0) is 15.6. The first-order valence-electron chi connectivity index (χ1n) is 8.48. The Hall–Kier alpha value is -1.36. The normalized spacial score (nSPS) is 36.7. The summed E-state index contributed by atoms with van der Waals surface area (Å²) in [5.74, 6) is 1.92. The van der Waals surface area contributed by atoms with Crippen LogP contribution < -0.4 is 0 Å². The Kier molecular flexibility index (Phi) is 3.12. The average molecular weight is 303 g/mol. The molecule has 1 aliphatic heterocycles. The fraction of sp³-hybridized carbons (Fsp3) is 0.765. The summed E-state index contributed by atoms with van der Waals surface area (Å²) in [5.41, 5.74) is 2.56. The summed E-state index contributed by atoms with van der Waals surface area (Å²) in [5, 5.41) is 4.76. The summed E-state index contributed by atoms with van der Waals surface area (Å²) in [6.45, 7) is 6.80. The lowest BCUT2D eigenvalue weighted by Crippen LogP contribution is -2.51. The van der Waals surface area contributed by atoms with Gasteiger partial charge in [0.15, 0.2) is 0 Å². The van der Waals surface area contributed by atoms with Crippen molar-refractivity contribution in [2.75, 3.05) is 13.7 Å². The largest absolute Gasteiger partial charge is 0.366 e. The molecule has 4 rings (SSSR count). The molecule has 0 N–H and O–H groups in total.